The van der Waals surface area contributed by atoms with E-state index >= 15 is 0 Å². The molecule has 1 heterocycles. The molecule has 0 saturated carbocycles. The van der Waals surface area contributed by atoms with Gasteiger partial charge in [-0.15, -0.1) is 0 Å². The van der Waals surface area contributed by atoms with Crippen LogP contribution in [0.2, 0.25) is 0 Å². The van der Waals surface area contributed by atoms with E-state index in [1.54, 1.807) is 6.92 Å². The first-order chi connectivity index (χ1) is 13.6. The summed E-state index contributed by atoms with van der Waals surface area (Å²) in [6.07, 6.45) is 4.10. The summed E-state index contributed by atoms with van der Waals surface area (Å²) in [5.41, 5.74) is 4.30. The van der Waals surface area contributed by atoms with E-state index in [0.717, 1.165) is 35.7 Å². The third-order valence-corrected chi connectivity index (χ3v) is 5.37. The Hall–Kier alpha value is -3.08. The van der Waals surface area contributed by atoms with Gasteiger partial charge in [0.15, 0.2) is 6.10 Å². The molecule has 5 heteroatoms. The Morgan fingerprint density at radius 1 is 1.18 bits per heavy atom. The largest absolute Gasteiger partial charge is 0.452 e. The molecule has 144 valence electrons. The number of H-pyrrole nitrogens is 1. The molecule has 1 aliphatic carbocycles. The molecular weight excluding hydrogens is 352 g/mol. The number of para-hydroxylation sites is 1. The molecule has 1 amide bonds. The second kappa shape index (κ2) is 7.89. The molecule has 2 N–H and O–H groups in total. The van der Waals surface area contributed by atoms with Crippen LogP contribution in [0.4, 0.5) is 0 Å². The molecule has 0 saturated heterocycles. The lowest BCUT2D eigenvalue weighted by molar-refractivity contribution is -0.154. The monoisotopic (exact) mass is 376 g/mol. The number of hydrogen-bond acceptors (Lipinski definition) is 3. The fraction of sp³-hybridized carbons (Fsp3) is 0.304. The van der Waals surface area contributed by atoms with Gasteiger partial charge in [-0.1, -0.05) is 42.5 Å². The van der Waals surface area contributed by atoms with Crippen molar-refractivity contribution in [2.45, 2.75) is 44.8 Å². The zero-order valence-electron chi connectivity index (χ0n) is 15.9. The fourth-order valence-electron chi connectivity index (χ4n) is 3.92. The first-order valence-corrected chi connectivity index (χ1v) is 9.74. The zero-order chi connectivity index (χ0) is 19.5. The standard InChI is InChI=1S/C23H24N2O3/c1-15(23(27)25-21-12-6-8-16-7-2-3-9-18(16)21)28-22(26)13-17-14-24-20-11-5-4-10-19(17)20/h2-5,7,9-11,14-15,21,24H,6,8,12-13H2,1H3,(H,25,27)/t15-,21-/m0/s1. The van der Waals surface area contributed by atoms with Crippen molar-refractivity contribution in [3.63, 3.8) is 0 Å². The average Bonchev–Trinajstić information content (AvgIpc) is 3.11. The molecule has 0 unspecified atom stereocenters. The van der Waals surface area contributed by atoms with E-state index in [-0.39, 0.29) is 18.4 Å². The number of aromatic nitrogens is 1. The summed E-state index contributed by atoms with van der Waals surface area (Å²) in [6, 6.07) is 16.0. The number of benzene rings is 2. The lowest BCUT2D eigenvalue weighted by Crippen LogP contribution is -2.39. The summed E-state index contributed by atoms with van der Waals surface area (Å²) >= 11 is 0. The van der Waals surface area contributed by atoms with Crippen LogP contribution in [-0.2, 0) is 27.2 Å². The summed E-state index contributed by atoms with van der Waals surface area (Å²) < 4.78 is 5.40. The minimum Gasteiger partial charge on any atom is -0.452 e. The predicted octanol–water partition coefficient (Wildman–Crippen LogP) is 3.84. The molecule has 3 aromatic rings. The summed E-state index contributed by atoms with van der Waals surface area (Å²) in [5, 5.41) is 4.04. The third kappa shape index (κ3) is 3.79. The van der Waals surface area contributed by atoms with Crippen molar-refractivity contribution in [3.8, 4) is 0 Å². The Bertz CT molecular complexity index is 1010. The maximum absolute atomic E-state index is 12.6. The molecule has 0 aliphatic heterocycles. The van der Waals surface area contributed by atoms with Gasteiger partial charge in [0, 0.05) is 17.1 Å². The van der Waals surface area contributed by atoms with Gasteiger partial charge in [-0.2, -0.15) is 0 Å². The lowest BCUT2D eigenvalue weighted by Gasteiger charge is -2.27. The van der Waals surface area contributed by atoms with Crippen LogP contribution in [0.15, 0.2) is 54.7 Å². The van der Waals surface area contributed by atoms with E-state index in [9.17, 15) is 9.59 Å². The number of fused-ring (bicyclic) bond motifs is 2. The Morgan fingerprint density at radius 3 is 2.86 bits per heavy atom. The third-order valence-electron chi connectivity index (χ3n) is 5.37. The summed E-state index contributed by atoms with van der Waals surface area (Å²) in [4.78, 5) is 28.1. The minimum atomic E-state index is -0.827. The number of amides is 1. The zero-order valence-corrected chi connectivity index (χ0v) is 15.9. The molecule has 4 rings (SSSR count). The van der Waals surface area contributed by atoms with Crippen LogP contribution in [0.5, 0.6) is 0 Å². The summed E-state index contributed by atoms with van der Waals surface area (Å²) in [5.74, 6) is -0.662. The maximum atomic E-state index is 12.6. The molecule has 1 aliphatic rings. The maximum Gasteiger partial charge on any atom is 0.311 e. The number of esters is 1. The molecule has 2 atom stereocenters. The summed E-state index contributed by atoms with van der Waals surface area (Å²) in [7, 11) is 0. The Balaban J connectivity index is 1.36. The Kier molecular flexibility index (Phi) is 5.15. The summed E-state index contributed by atoms with van der Waals surface area (Å²) in [6.45, 7) is 1.62. The van der Waals surface area contributed by atoms with E-state index in [1.807, 2.05) is 42.6 Å². The van der Waals surface area contributed by atoms with E-state index in [0.29, 0.717) is 0 Å². The van der Waals surface area contributed by atoms with Gasteiger partial charge >= 0.3 is 5.97 Å². The molecule has 0 radical (unpaired) electrons. The number of nitrogens with one attached hydrogen (secondary N) is 2. The highest BCUT2D eigenvalue weighted by molar-refractivity contribution is 5.88. The van der Waals surface area contributed by atoms with Gasteiger partial charge < -0.3 is 15.0 Å². The van der Waals surface area contributed by atoms with Crippen LogP contribution in [0.1, 0.15) is 42.5 Å². The Morgan fingerprint density at radius 2 is 1.96 bits per heavy atom. The van der Waals surface area contributed by atoms with Crippen LogP contribution in [0, 0.1) is 0 Å². The highest BCUT2D eigenvalue weighted by Crippen LogP contribution is 2.29. The van der Waals surface area contributed by atoms with Gasteiger partial charge in [-0.05, 0) is 48.9 Å². The average molecular weight is 376 g/mol. The van der Waals surface area contributed by atoms with Crippen LogP contribution in [0.3, 0.4) is 0 Å². The molecule has 5 nitrogen and oxygen atoms in total. The van der Waals surface area contributed by atoms with E-state index in [2.05, 4.69) is 22.4 Å². The quantitative estimate of drug-likeness (QED) is 0.665. The van der Waals surface area contributed by atoms with Crippen LogP contribution < -0.4 is 5.32 Å². The number of aryl methyl sites for hydroxylation is 1. The van der Waals surface area contributed by atoms with Gasteiger partial charge in [0.05, 0.1) is 12.5 Å². The molecule has 0 fully saturated rings. The van der Waals surface area contributed by atoms with Crippen molar-refractivity contribution >= 4 is 22.8 Å². The molecule has 0 bridgehead atoms. The predicted molar refractivity (Wildman–Crippen MR) is 108 cm³/mol. The normalized spacial score (nSPS) is 17.0. The number of rotatable bonds is 5. The number of carbonyl (C=O) groups is 2. The molecule has 2 aromatic carbocycles. The minimum absolute atomic E-state index is 0.0211. The van der Waals surface area contributed by atoms with Gasteiger partial charge in [-0.3, -0.25) is 9.59 Å². The van der Waals surface area contributed by atoms with E-state index in [4.69, 9.17) is 4.74 Å². The van der Waals surface area contributed by atoms with Gasteiger partial charge in [0.25, 0.3) is 5.91 Å². The molecule has 28 heavy (non-hydrogen) atoms. The van der Waals surface area contributed by atoms with Gasteiger partial charge in [-0.25, -0.2) is 0 Å². The van der Waals surface area contributed by atoms with Crippen molar-refractivity contribution in [1.29, 1.82) is 0 Å². The molecule has 1 aromatic heterocycles. The van der Waals surface area contributed by atoms with Gasteiger partial charge in [0.2, 0.25) is 0 Å². The Labute approximate surface area is 164 Å². The lowest BCUT2D eigenvalue weighted by atomic mass is 9.87. The van der Waals surface area contributed by atoms with Crippen molar-refractivity contribution in [1.82, 2.24) is 10.3 Å². The number of aromatic amines is 1. The second-order valence-corrected chi connectivity index (χ2v) is 7.32. The van der Waals surface area contributed by atoms with E-state index in [1.165, 1.54) is 11.1 Å². The molecular formula is C23H24N2O3. The fourth-order valence-corrected chi connectivity index (χ4v) is 3.92. The highest BCUT2D eigenvalue weighted by atomic mass is 16.5. The van der Waals surface area contributed by atoms with Crippen molar-refractivity contribution in [2.24, 2.45) is 0 Å². The SMILES string of the molecule is C[C@H](OC(=O)Cc1c[nH]c2ccccc12)C(=O)N[C@H]1CCCc2ccccc21. The molecule has 0 spiro atoms. The van der Waals surface area contributed by atoms with Crippen LogP contribution in [-0.4, -0.2) is 23.0 Å². The van der Waals surface area contributed by atoms with Crippen molar-refractivity contribution in [2.75, 3.05) is 0 Å². The van der Waals surface area contributed by atoms with Crippen molar-refractivity contribution < 1.29 is 14.3 Å². The van der Waals surface area contributed by atoms with Crippen LogP contribution >= 0.6 is 0 Å². The van der Waals surface area contributed by atoms with Crippen LogP contribution in [0.25, 0.3) is 10.9 Å². The first kappa shape index (κ1) is 18.3. The van der Waals surface area contributed by atoms with Crippen molar-refractivity contribution in [3.05, 3.63) is 71.4 Å². The number of ether oxygens (including phenoxy) is 1. The first-order valence-electron chi connectivity index (χ1n) is 9.74. The van der Waals surface area contributed by atoms with Gasteiger partial charge in [0.1, 0.15) is 0 Å². The van der Waals surface area contributed by atoms with E-state index < -0.39 is 12.1 Å². The highest BCUT2D eigenvalue weighted by Gasteiger charge is 2.25. The number of carbonyl (C=O) groups excluding carboxylic acids is 2. The second-order valence-electron chi connectivity index (χ2n) is 7.32. The topological polar surface area (TPSA) is 71.2 Å². The number of hydrogen-bond donors (Lipinski definition) is 2. The smallest absolute Gasteiger partial charge is 0.311 e.